The van der Waals surface area contributed by atoms with E-state index in [-0.39, 0.29) is 0 Å². The maximum absolute atomic E-state index is 6.10. The van der Waals surface area contributed by atoms with Crippen molar-refractivity contribution in [1.29, 1.82) is 0 Å². The Labute approximate surface area is 112 Å². The largest absolute Gasteiger partial charge is 0.398 e. The van der Waals surface area contributed by atoms with Gasteiger partial charge < -0.3 is 5.73 Å². The van der Waals surface area contributed by atoms with E-state index < -0.39 is 0 Å². The molecule has 1 aliphatic carbocycles. The Morgan fingerprint density at radius 1 is 1.37 bits per heavy atom. The summed E-state index contributed by atoms with van der Waals surface area (Å²) in [5.74, 6) is 1.47. The molecule has 19 heavy (non-hydrogen) atoms. The van der Waals surface area contributed by atoms with E-state index in [9.17, 15) is 0 Å². The second kappa shape index (κ2) is 4.64. The van der Waals surface area contributed by atoms with Crippen LogP contribution in [0.4, 0.5) is 5.69 Å². The molecule has 0 bridgehead atoms. The molecule has 0 spiro atoms. The standard InChI is InChI=1S/C14H19N5/c1-9-5-3-8-12(15)13(9)14-16-17-18-19(14)10(2)11-6-4-7-11/h3,5,8,10-11H,4,6-7,15H2,1-2H3. The summed E-state index contributed by atoms with van der Waals surface area (Å²) in [5.41, 5.74) is 8.89. The predicted octanol–water partition coefficient (Wildman–Crippen LogP) is 2.59. The number of anilines is 1. The van der Waals surface area contributed by atoms with Crippen LogP contribution in [0.15, 0.2) is 18.2 Å². The van der Waals surface area contributed by atoms with Crippen LogP contribution in [0.1, 0.15) is 37.8 Å². The number of hydrogen-bond acceptors (Lipinski definition) is 4. The molecule has 1 aromatic carbocycles. The molecule has 0 saturated heterocycles. The van der Waals surface area contributed by atoms with E-state index in [0.29, 0.717) is 12.0 Å². The van der Waals surface area contributed by atoms with Crippen LogP contribution in [-0.4, -0.2) is 20.2 Å². The van der Waals surface area contributed by atoms with Crippen molar-refractivity contribution in [3.05, 3.63) is 23.8 Å². The van der Waals surface area contributed by atoms with Crippen molar-refractivity contribution in [3.8, 4) is 11.4 Å². The molecule has 100 valence electrons. The first-order valence-corrected chi connectivity index (χ1v) is 6.82. The third-order valence-corrected chi connectivity index (χ3v) is 4.24. The van der Waals surface area contributed by atoms with Gasteiger partial charge in [0.05, 0.1) is 6.04 Å². The van der Waals surface area contributed by atoms with E-state index in [4.69, 9.17) is 5.73 Å². The number of nitrogen functional groups attached to an aromatic ring is 1. The van der Waals surface area contributed by atoms with E-state index >= 15 is 0 Å². The lowest BCUT2D eigenvalue weighted by Gasteiger charge is -2.31. The minimum absolute atomic E-state index is 0.331. The van der Waals surface area contributed by atoms with Gasteiger partial charge in [0, 0.05) is 11.3 Å². The molecular formula is C14H19N5. The van der Waals surface area contributed by atoms with Gasteiger partial charge in [0.1, 0.15) is 0 Å². The number of benzene rings is 1. The molecule has 2 aromatic rings. The van der Waals surface area contributed by atoms with Crippen molar-refractivity contribution in [1.82, 2.24) is 20.2 Å². The van der Waals surface area contributed by atoms with Crippen molar-refractivity contribution < 1.29 is 0 Å². The molecule has 1 unspecified atom stereocenters. The Morgan fingerprint density at radius 3 is 2.79 bits per heavy atom. The fourth-order valence-corrected chi connectivity index (χ4v) is 2.75. The van der Waals surface area contributed by atoms with E-state index in [0.717, 1.165) is 22.6 Å². The molecule has 1 fully saturated rings. The van der Waals surface area contributed by atoms with Crippen molar-refractivity contribution in [2.24, 2.45) is 5.92 Å². The van der Waals surface area contributed by atoms with Crippen molar-refractivity contribution >= 4 is 5.69 Å². The van der Waals surface area contributed by atoms with Crippen LogP contribution >= 0.6 is 0 Å². The Kier molecular flexibility index (Phi) is 2.97. The highest BCUT2D eigenvalue weighted by molar-refractivity contribution is 5.74. The van der Waals surface area contributed by atoms with Gasteiger partial charge in [0.2, 0.25) is 0 Å². The first-order chi connectivity index (χ1) is 9.18. The van der Waals surface area contributed by atoms with Crippen LogP contribution < -0.4 is 5.73 Å². The SMILES string of the molecule is Cc1cccc(N)c1-c1nnnn1C(C)C1CCC1. The number of tetrazole rings is 1. The van der Waals surface area contributed by atoms with Crippen molar-refractivity contribution in [3.63, 3.8) is 0 Å². The van der Waals surface area contributed by atoms with Gasteiger partial charge in [0.25, 0.3) is 0 Å². The highest BCUT2D eigenvalue weighted by Gasteiger charge is 2.28. The van der Waals surface area contributed by atoms with Gasteiger partial charge in [-0.15, -0.1) is 5.10 Å². The van der Waals surface area contributed by atoms with Crippen LogP contribution in [0.2, 0.25) is 0 Å². The van der Waals surface area contributed by atoms with Crippen LogP contribution in [0.25, 0.3) is 11.4 Å². The molecule has 1 aliphatic rings. The lowest BCUT2D eigenvalue weighted by Crippen LogP contribution is -2.24. The molecule has 0 amide bonds. The lowest BCUT2D eigenvalue weighted by atomic mass is 9.80. The number of aromatic nitrogens is 4. The Balaban J connectivity index is 2.04. The van der Waals surface area contributed by atoms with Crippen LogP contribution in [0, 0.1) is 12.8 Å². The molecule has 1 saturated carbocycles. The second-order valence-corrected chi connectivity index (χ2v) is 5.42. The summed E-state index contributed by atoms with van der Waals surface area (Å²) in [6.07, 6.45) is 3.85. The maximum Gasteiger partial charge on any atom is 0.184 e. The van der Waals surface area contributed by atoms with Gasteiger partial charge in [-0.1, -0.05) is 18.6 Å². The predicted molar refractivity (Wildman–Crippen MR) is 74.5 cm³/mol. The normalized spacial score (nSPS) is 17.2. The fourth-order valence-electron chi connectivity index (χ4n) is 2.75. The molecule has 1 aromatic heterocycles. The van der Waals surface area contributed by atoms with Crippen LogP contribution in [0.5, 0.6) is 0 Å². The lowest BCUT2D eigenvalue weighted by molar-refractivity contribution is 0.210. The molecular weight excluding hydrogens is 238 g/mol. The highest BCUT2D eigenvalue weighted by Crippen LogP contribution is 2.38. The molecule has 3 rings (SSSR count). The zero-order chi connectivity index (χ0) is 13.4. The minimum Gasteiger partial charge on any atom is -0.398 e. The van der Waals surface area contributed by atoms with Gasteiger partial charge in [-0.25, -0.2) is 4.68 Å². The van der Waals surface area contributed by atoms with Crippen LogP contribution in [0.3, 0.4) is 0 Å². The Morgan fingerprint density at radius 2 is 2.16 bits per heavy atom. The molecule has 2 N–H and O–H groups in total. The number of nitrogens with zero attached hydrogens (tertiary/aromatic N) is 4. The zero-order valence-electron chi connectivity index (χ0n) is 11.4. The number of nitrogens with two attached hydrogens (primary N) is 1. The van der Waals surface area contributed by atoms with Gasteiger partial charge in [0.15, 0.2) is 5.82 Å². The number of rotatable bonds is 3. The smallest absolute Gasteiger partial charge is 0.184 e. The summed E-state index contributed by atoms with van der Waals surface area (Å²) in [4.78, 5) is 0. The monoisotopic (exact) mass is 257 g/mol. The Bertz CT molecular complexity index is 565. The molecule has 1 atom stereocenters. The van der Waals surface area contributed by atoms with Crippen molar-refractivity contribution in [2.75, 3.05) is 5.73 Å². The number of hydrogen-bond donors (Lipinski definition) is 1. The summed E-state index contributed by atoms with van der Waals surface area (Å²) in [7, 11) is 0. The average molecular weight is 257 g/mol. The van der Waals surface area contributed by atoms with Crippen molar-refractivity contribution in [2.45, 2.75) is 39.2 Å². The third-order valence-electron chi connectivity index (χ3n) is 4.24. The van der Waals surface area contributed by atoms with Gasteiger partial charge in [-0.05, 0) is 54.7 Å². The quantitative estimate of drug-likeness (QED) is 0.858. The second-order valence-electron chi connectivity index (χ2n) is 5.42. The highest BCUT2D eigenvalue weighted by atomic mass is 15.5. The summed E-state index contributed by atoms with van der Waals surface area (Å²) in [5, 5.41) is 12.2. The fraction of sp³-hybridized carbons (Fsp3) is 0.500. The van der Waals surface area contributed by atoms with Crippen LogP contribution in [-0.2, 0) is 0 Å². The summed E-state index contributed by atoms with van der Waals surface area (Å²) in [6.45, 7) is 4.23. The van der Waals surface area contributed by atoms with E-state index in [2.05, 4.69) is 22.4 Å². The van der Waals surface area contributed by atoms with Gasteiger partial charge in [-0.2, -0.15) is 0 Å². The Hall–Kier alpha value is -1.91. The summed E-state index contributed by atoms with van der Waals surface area (Å²) >= 11 is 0. The summed E-state index contributed by atoms with van der Waals surface area (Å²) in [6, 6.07) is 6.23. The minimum atomic E-state index is 0.331. The van der Waals surface area contributed by atoms with Gasteiger partial charge in [-0.3, -0.25) is 0 Å². The van der Waals surface area contributed by atoms with E-state index in [1.165, 1.54) is 19.3 Å². The first kappa shape index (κ1) is 12.1. The zero-order valence-corrected chi connectivity index (χ0v) is 11.4. The molecule has 5 heteroatoms. The summed E-state index contributed by atoms with van der Waals surface area (Å²) < 4.78 is 1.93. The topological polar surface area (TPSA) is 69.6 Å². The van der Waals surface area contributed by atoms with E-state index in [1.54, 1.807) is 0 Å². The first-order valence-electron chi connectivity index (χ1n) is 6.82. The third kappa shape index (κ3) is 1.99. The molecule has 0 aliphatic heterocycles. The average Bonchev–Trinajstić information content (AvgIpc) is 2.75. The maximum atomic E-state index is 6.10. The molecule has 5 nitrogen and oxygen atoms in total. The van der Waals surface area contributed by atoms with E-state index in [1.807, 2.05) is 29.8 Å². The van der Waals surface area contributed by atoms with Gasteiger partial charge >= 0.3 is 0 Å². The molecule has 1 heterocycles. The molecule has 0 radical (unpaired) electrons. The number of aryl methyl sites for hydroxylation is 1.